The van der Waals surface area contributed by atoms with Gasteiger partial charge >= 0.3 is 5.97 Å². The Labute approximate surface area is 173 Å². The molecule has 3 rings (SSSR count). The van der Waals surface area contributed by atoms with Crippen molar-refractivity contribution in [2.24, 2.45) is 4.99 Å². The normalized spacial score (nSPS) is 18.5. The minimum Gasteiger partial charge on any atom is -0.465 e. The van der Waals surface area contributed by atoms with E-state index in [1.54, 1.807) is 11.5 Å². The second-order valence-corrected chi connectivity index (χ2v) is 10.1. The number of aryl methyl sites for hydroxylation is 2. The summed E-state index contributed by atoms with van der Waals surface area (Å²) in [5.74, 6) is -0.927. The van der Waals surface area contributed by atoms with Crippen LogP contribution in [-0.2, 0) is 30.9 Å². The Morgan fingerprint density at radius 3 is 2.62 bits per heavy atom. The van der Waals surface area contributed by atoms with Crippen molar-refractivity contribution in [2.45, 2.75) is 46.2 Å². The molecule has 8 nitrogen and oxygen atoms in total. The summed E-state index contributed by atoms with van der Waals surface area (Å²) in [5, 5.41) is 0. The molecule has 29 heavy (non-hydrogen) atoms. The Balaban J connectivity index is 2.09. The van der Waals surface area contributed by atoms with Crippen molar-refractivity contribution in [3.05, 3.63) is 28.1 Å². The van der Waals surface area contributed by atoms with Crippen LogP contribution in [-0.4, -0.2) is 54.6 Å². The highest BCUT2D eigenvalue weighted by Crippen LogP contribution is 2.24. The fraction of sp³-hybridized carbons (Fsp3) is 0.526. The zero-order valence-electron chi connectivity index (χ0n) is 17.0. The van der Waals surface area contributed by atoms with Crippen LogP contribution in [0.2, 0.25) is 0 Å². The summed E-state index contributed by atoms with van der Waals surface area (Å²) in [6.45, 7) is 6.22. The predicted octanol–water partition coefficient (Wildman–Crippen LogP) is 1.73. The lowest BCUT2D eigenvalue weighted by Gasteiger charge is -2.18. The molecule has 0 N–H and O–H groups in total. The average molecular weight is 440 g/mol. The SMILES string of the molecule is CCOC(=O)Cn1c(=NC(=O)C2CCCN2S(C)(=O)=O)sc2cc(C)c(C)cc21. The monoisotopic (exact) mass is 439 g/mol. The quantitative estimate of drug-likeness (QED) is 0.661. The maximum Gasteiger partial charge on any atom is 0.326 e. The Bertz CT molecular complexity index is 1130. The minimum absolute atomic E-state index is 0.0666. The number of sulfonamides is 1. The number of hydrogen-bond donors (Lipinski definition) is 0. The predicted molar refractivity (Wildman–Crippen MR) is 111 cm³/mol. The van der Waals surface area contributed by atoms with Gasteiger partial charge in [-0.3, -0.25) is 9.59 Å². The molecular weight excluding hydrogens is 414 g/mol. The van der Waals surface area contributed by atoms with Gasteiger partial charge in [-0.25, -0.2) is 8.42 Å². The third-order valence-electron chi connectivity index (χ3n) is 5.01. The Kier molecular flexibility index (Phi) is 6.25. The Morgan fingerprint density at radius 2 is 1.97 bits per heavy atom. The van der Waals surface area contributed by atoms with E-state index in [0.29, 0.717) is 24.2 Å². The molecule has 0 spiro atoms. The molecular formula is C19H25N3O5S2. The molecule has 2 heterocycles. The first-order valence-corrected chi connectivity index (χ1v) is 12.1. The number of nitrogens with zero attached hydrogens (tertiary/aromatic N) is 3. The first-order valence-electron chi connectivity index (χ1n) is 9.43. The second-order valence-electron chi connectivity index (χ2n) is 7.16. The van der Waals surface area contributed by atoms with Crippen molar-refractivity contribution >= 4 is 43.5 Å². The number of thiazole rings is 1. The molecule has 158 valence electrons. The molecule has 1 fully saturated rings. The van der Waals surface area contributed by atoms with E-state index in [1.807, 2.05) is 26.0 Å². The molecule has 2 aromatic rings. The number of rotatable bonds is 5. The minimum atomic E-state index is -3.49. The molecule has 1 aliphatic rings. The molecule has 0 bridgehead atoms. The van der Waals surface area contributed by atoms with Gasteiger partial charge in [-0.1, -0.05) is 11.3 Å². The number of ether oxygens (including phenoxy) is 1. The number of esters is 1. The van der Waals surface area contributed by atoms with Crippen LogP contribution in [0.25, 0.3) is 10.2 Å². The van der Waals surface area contributed by atoms with Crippen LogP contribution in [0, 0.1) is 13.8 Å². The molecule has 0 saturated carbocycles. The van der Waals surface area contributed by atoms with Crippen molar-refractivity contribution in [3.8, 4) is 0 Å². The van der Waals surface area contributed by atoms with Crippen molar-refractivity contribution < 1.29 is 22.7 Å². The summed E-state index contributed by atoms with van der Waals surface area (Å²) in [4.78, 5) is 29.6. The molecule has 1 unspecified atom stereocenters. The third-order valence-corrected chi connectivity index (χ3v) is 7.34. The highest BCUT2D eigenvalue weighted by atomic mass is 32.2. The number of amides is 1. The third kappa shape index (κ3) is 4.59. The molecule has 1 saturated heterocycles. The largest absolute Gasteiger partial charge is 0.465 e. The van der Waals surface area contributed by atoms with Gasteiger partial charge in [0, 0.05) is 6.54 Å². The van der Waals surface area contributed by atoms with Gasteiger partial charge in [-0.2, -0.15) is 9.30 Å². The summed E-state index contributed by atoms with van der Waals surface area (Å²) in [6, 6.07) is 3.16. The summed E-state index contributed by atoms with van der Waals surface area (Å²) in [6.07, 6.45) is 2.16. The Morgan fingerprint density at radius 1 is 1.28 bits per heavy atom. The van der Waals surface area contributed by atoms with Gasteiger partial charge < -0.3 is 9.30 Å². The smallest absolute Gasteiger partial charge is 0.326 e. The fourth-order valence-electron chi connectivity index (χ4n) is 3.45. The Hall–Kier alpha value is -2.04. The van der Waals surface area contributed by atoms with E-state index >= 15 is 0 Å². The number of carbonyl (C=O) groups is 2. The first kappa shape index (κ1) is 21.7. The lowest BCUT2D eigenvalue weighted by atomic mass is 10.1. The lowest BCUT2D eigenvalue weighted by molar-refractivity contribution is -0.143. The lowest BCUT2D eigenvalue weighted by Crippen LogP contribution is -2.40. The fourth-order valence-corrected chi connectivity index (χ4v) is 5.68. The van der Waals surface area contributed by atoms with Crippen molar-refractivity contribution in [3.63, 3.8) is 0 Å². The van der Waals surface area contributed by atoms with Gasteiger partial charge in [0.25, 0.3) is 5.91 Å². The molecule has 0 aliphatic carbocycles. The average Bonchev–Trinajstić information content (AvgIpc) is 3.22. The maximum atomic E-state index is 12.9. The number of benzene rings is 1. The van der Waals surface area contributed by atoms with E-state index in [2.05, 4.69) is 4.99 Å². The standard InChI is InChI=1S/C19H25N3O5S2/c1-5-27-17(23)11-21-15-9-12(2)13(3)10-16(15)28-19(21)20-18(24)14-7-6-8-22(14)29(4,25)26/h9-10,14H,5-8,11H2,1-4H3. The molecule has 0 radical (unpaired) electrons. The first-order chi connectivity index (χ1) is 13.6. The summed E-state index contributed by atoms with van der Waals surface area (Å²) >= 11 is 1.30. The van der Waals surface area contributed by atoms with E-state index in [1.165, 1.54) is 15.6 Å². The van der Waals surface area contributed by atoms with Crippen LogP contribution in [0.3, 0.4) is 0 Å². The van der Waals surface area contributed by atoms with Gasteiger partial charge in [-0.05, 0) is 56.9 Å². The second kappa shape index (κ2) is 8.37. The molecule has 1 aliphatic heterocycles. The van der Waals surface area contributed by atoms with E-state index < -0.39 is 27.9 Å². The van der Waals surface area contributed by atoms with Crippen molar-refractivity contribution in [1.29, 1.82) is 0 Å². The zero-order chi connectivity index (χ0) is 21.3. The van der Waals surface area contributed by atoms with Crippen molar-refractivity contribution in [2.75, 3.05) is 19.4 Å². The van der Waals surface area contributed by atoms with E-state index in [0.717, 1.165) is 27.6 Å². The zero-order valence-corrected chi connectivity index (χ0v) is 18.6. The van der Waals surface area contributed by atoms with Crippen LogP contribution in [0.5, 0.6) is 0 Å². The van der Waals surface area contributed by atoms with E-state index in [9.17, 15) is 18.0 Å². The van der Waals surface area contributed by atoms with Gasteiger partial charge in [0.2, 0.25) is 10.0 Å². The summed E-state index contributed by atoms with van der Waals surface area (Å²) in [5.41, 5.74) is 2.95. The van der Waals surface area contributed by atoms with Gasteiger partial charge in [-0.15, -0.1) is 0 Å². The number of aromatic nitrogens is 1. The summed E-state index contributed by atoms with van der Waals surface area (Å²) in [7, 11) is -3.49. The van der Waals surface area contributed by atoms with Crippen LogP contribution in [0.15, 0.2) is 17.1 Å². The molecule has 1 amide bonds. The highest BCUT2D eigenvalue weighted by molar-refractivity contribution is 7.88. The number of fused-ring (bicyclic) bond motifs is 1. The molecule has 1 aromatic heterocycles. The van der Waals surface area contributed by atoms with Gasteiger partial charge in [0.05, 0.1) is 23.1 Å². The highest BCUT2D eigenvalue weighted by Gasteiger charge is 2.36. The number of carbonyl (C=O) groups excluding carboxylic acids is 2. The van der Waals surface area contributed by atoms with Crippen LogP contribution < -0.4 is 4.80 Å². The summed E-state index contributed by atoms with van der Waals surface area (Å²) < 4.78 is 32.8. The molecule has 10 heteroatoms. The molecule has 1 aromatic carbocycles. The van der Waals surface area contributed by atoms with E-state index in [-0.39, 0.29) is 13.2 Å². The number of hydrogen-bond acceptors (Lipinski definition) is 6. The van der Waals surface area contributed by atoms with Crippen LogP contribution in [0.4, 0.5) is 0 Å². The topological polar surface area (TPSA) is 98.0 Å². The van der Waals surface area contributed by atoms with Gasteiger partial charge in [0.15, 0.2) is 4.80 Å². The van der Waals surface area contributed by atoms with Crippen LogP contribution >= 0.6 is 11.3 Å². The molecule has 1 atom stereocenters. The maximum absolute atomic E-state index is 12.9. The van der Waals surface area contributed by atoms with E-state index in [4.69, 9.17) is 4.74 Å². The van der Waals surface area contributed by atoms with Crippen LogP contribution in [0.1, 0.15) is 30.9 Å². The van der Waals surface area contributed by atoms with Gasteiger partial charge in [0.1, 0.15) is 12.6 Å². The van der Waals surface area contributed by atoms with Crippen molar-refractivity contribution in [1.82, 2.24) is 8.87 Å².